The molecule has 2 atom stereocenters. The van der Waals surface area contributed by atoms with E-state index in [2.05, 4.69) is 6.58 Å². The van der Waals surface area contributed by atoms with Gasteiger partial charge in [0.15, 0.2) is 0 Å². The number of aliphatic carboxylic acids is 1. The highest BCUT2D eigenvalue weighted by Crippen LogP contribution is 2.09. The lowest BCUT2D eigenvalue weighted by molar-refractivity contribution is -0.175. The van der Waals surface area contributed by atoms with Gasteiger partial charge in [-0.2, -0.15) is 0 Å². The van der Waals surface area contributed by atoms with Gasteiger partial charge in [0.1, 0.15) is 18.8 Å². The standard InChI is InChI=1S/C11H18O6/c1-2-3-14-4-9-5-15-6-10(17-9)7-16-8-11(12)13/h2,9-10H,1,3-8H2,(H,12,13). The van der Waals surface area contributed by atoms with Gasteiger partial charge in [-0.05, 0) is 0 Å². The zero-order valence-corrected chi connectivity index (χ0v) is 9.67. The van der Waals surface area contributed by atoms with Crippen LogP contribution in [0.2, 0.25) is 0 Å². The summed E-state index contributed by atoms with van der Waals surface area (Å²) >= 11 is 0. The van der Waals surface area contributed by atoms with Gasteiger partial charge < -0.3 is 24.1 Å². The van der Waals surface area contributed by atoms with Gasteiger partial charge in [0.25, 0.3) is 0 Å². The second-order valence-electron chi connectivity index (χ2n) is 3.65. The Bertz CT molecular complexity index is 242. The summed E-state index contributed by atoms with van der Waals surface area (Å²) in [6, 6.07) is 0. The number of hydrogen-bond acceptors (Lipinski definition) is 5. The van der Waals surface area contributed by atoms with Crippen molar-refractivity contribution in [1.82, 2.24) is 0 Å². The van der Waals surface area contributed by atoms with E-state index in [9.17, 15) is 4.79 Å². The number of rotatable bonds is 8. The lowest BCUT2D eigenvalue weighted by atomic mass is 10.3. The van der Waals surface area contributed by atoms with Gasteiger partial charge in [0.2, 0.25) is 0 Å². The molecule has 0 amide bonds. The second-order valence-corrected chi connectivity index (χ2v) is 3.65. The Hall–Kier alpha value is -0.950. The van der Waals surface area contributed by atoms with Crippen LogP contribution in [0.25, 0.3) is 0 Å². The molecule has 1 fully saturated rings. The smallest absolute Gasteiger partial charge is 0.329 e. The highest BCUT2D eigenvalue weighted by Gasteiger charge is 2.23. The van der Waals surface area contributed by atoms with Gasteiger partial charge >= 0.3 is 5.97 Å². The van der Waals surface area contributed by atoms with Crippen molar-refractivity contribution in [3.63, 3.8) is 0 Å². The normalized spacial score (nSPS) is 24.5. The molecule has 1 aliphatic heterocycles. The lowest BCUT2D eigenvalue weighted by Crippen LogP contribution is -2.41. The zero-order chi connectivity index (χ0) is 12.5. The summed E-state index contributed by atoms with van der Waals surface area (Å²) in [5, 5.41) is 8.41. The summed E-state index contributed by atoms with van der Waals surface area (Å²) in [4.78, 5) is 10.3. The molecule has 1 saturated heterocycles. The topological polar surface area (TPSA) is 74.2 Å². The van der Waals surface area contributed by atoms with Crippen LogP contribution in [0.1, 0.15) is 0 Å². The first-order valence-electron chi connectivity index (χ1n) is 5.43. The molecule has 1 aliphatic rings. The Morgan fingerprint density at radius 1 is 1.35 bits per heavy atom. The molecule has 0 aromatic rings. The van der Waals surface area contributed by atoms with E-state index in [0.29, 0.717) is 26.4 Å². The number of carboxylic acids is 1. The Kier molecular flexibility index (Phi) is 6.80. The second kappa shape index (κ2) is 8.19. The first-order valence-corrected chi connectivity index (χ1v) is 5.43. The molecule has 2 unspecified atom stereocenters. The molecule has 0 saturated carbocycles. The van der Waals surface area contributed by atoms with Crippen LogP contribution in [0.5, 0.6) is 0 Å². The van der Waals surface area contributed by atoms with Crippen molar-refractivity contribution < 1.29 is 28.8 Å². The minimum Gasteiger partial charge on any atom is -0.480 e. The SMILES string of the molecule is C=CCOCC1COCC(COCC(=O)O)O1. The molecule has 1 N–H and O–H groups in total. The van der Waals surface area contributed by atoms with E-state index < -0.39 is 5.97 Å². The third kappa shape index (κ3) is 6.38. The van der Waals surface area contributed by atoms with Gasteiger partial charge in [-0.15, -0.1) is 6.58 Å². The Labute approximate surface area is 100 Å². The van der Waals surface area contributed by atoms with Crippen LogP contribution < -0.4 is 0 Å². The monoisotopic (exact) mass is 246 g/mol. The molecule has 0 bridgehead atoms. The summed E-state index contributed by atoms with van der Waals surface area (Å²) in [6.07, 6.45) is 1.29. The number of carbonyl (C=O) groups is 1. The average Bonchev–Trinajstić information content (AvgIpc) is 2.29. The molecular formula is C11H18O6. The van der Waals surface area contributed by atoms with Crippen molar-refractivity contribution >= 4 is 5.97 Å². The van der Waals surface area contributed by atoms with E-state index in [1.807, 2.05) is 0 Å². The van der Waals surface area contributed by atoms with Crippen molar-refractivity contribution in [1.29, 1.82) is 0 Å². The largest absolute Gasteiger partial charge is 0.480 e. The number of carboxylic acid groups (broad SMARTS) is 1. The van der Waals surface area contributed by atoms with E-state index >= 15 is 0 Å². The van der Waals surface area contributed by atoms with Crippen molar-refractivity contribution in [2.45, 2.75) is 12.2 Å². The molecule has 0 spiro atoms. The van der Waals surface area contributed by atoms with Gasteiger partial charge in [-0.3, -0.25) is 0 Å². The van der Waals surface area contributed by atoms with Crippen LogP contribution in [0, 0.1) is 0 Å². The zero-order valence-electron chi connectivity index (χ0n) is 9.67. The fourth-order valence-corrected chi connectivity index (χ4v) is 1.42. The molecule has 0 radical (unpaired) electrons. The molecule has 0 aliphatic carbocycles. The van der Waals surface area contributed by atoms with E-state index in [4.69, 9.17) is 24.1 Å². The Balaban J connectivity index is 2.14. The highest BCUT2D eigenvalue weighted by atomic mass is 16.6. The van der Waals surface area contributed by atoms with Crippen molar-refractivity contribution in [2.24, 2.45) is 0 Å². The van der Waals surface area contributed by atoms with Crippen molar-refractivity contribution in [3.8, 4) is 0 Å². The average molecular weight is 246 g/mol. The van der Waals surface area contributed by atoms with Gasteiger partial charge in [0, 0.05) is 0 Å². The van der Waals surface area contributed by atoms with E-state index in [0.717, 1.165) is 0 Å². The molecule has 6 nitrogen and oxygen atoms in total. The van der Waals surface area contributed by atoms with Gasteiger partial charge in [0.05, 0.1) is 33.0 Å². The summed E-state index contributed by atoms with van der Waals surface area (Å²) < 4.78 is 21.1. The van der Waals surface area contributed by atoms with E-state index in [-0.39, 0.29) is 25.4 Å². The Morgan fingerprint density at radius 3 is 2.59 bits per heavy atom. The summed E-state index contributed by atoms with van der Waals surface area (Å²) in [7, 11) is 0. The highest BCUT2D eigenvalue weighted by molar-refractivity contribution is 5.67. The predicted octanol–water partition coefficient (Wildman–Crippen LogP) is 0.0742. The van der Waals surface area contributed by atoms with E-state index in [1.54, 1.807) is 6.08 Å². The fraction of sp³-hybridized carbons (Fsp3) is 0.727. The minimum atomic E-state index is -0.993. The lowest BCUT2D eigenvalue weighted by Gasteiger charge is -2.29. The molecule has 0 aromatic heterocycles. The summed E-state index contributed by atoms with van der Waals surface area (Å²) in [5.74, 6) is -0.993. The maximum atomic E-state index is 10.3. The van der Waals surface area contributed by atoms with Crippen LogP contribution in [0.3, 0.4) is 0 Å². The maximum absolute atomic E-state index is 10.3. The van der Waals surface area contributed by atoms with Crippen LogP contribution >= 0.6 is 0 Å². The van der Waals surface area contributed by atoms with Crippen LogP contribution in [-0.4, -0.2) is 62.9 Å². The van der Waals surface area contributed by atoms with Crippen molar-refractivity contribution in [2.75, 3.05) is 39.6 Å². The van der Waals surface area contributed by atoms with Crippen LogP contribution in [0.4, 0.5) is 0 Å². The number of ether oxygens (including phenoxy) is 4. The molecule has 6 heteroatoms. The Morgan fingerprint density at radius 2 is 2.00 bits per heavy atom. The van der Waals surface area contributed by atoms with Gasteiger partial charge in [-0.1, -0.05) is 6.08 Å². The number of hydrogen-bond donors (Lipinski definition) is 1. The molecule has 1 rings (SSSR count). The third-order valence-corrected chi connectivity index (χ3v) is 2.06. The van der Waals surface area contributed by atoms with Gasteiger partial charge in [-0.25, -0.2) is 4.79 Å². The fourth-order valence-electron chi connectivity index (χ4n) is 1.42. The predicted molar refractivity (Wildman–Crippen MR) is 59.0 cm³/mol. The third-order valence-electron chi connectivity index (χ3n) is 2.06. The summed E-state index contributed by atoms with van der Waals surface area (Å²) in [6.45, 7) is 5.23. The van der Waals surface area contributed by atoms with Crippen LogP contribution in [-0.2, 0) is 23.7 Å². The maximum Gasteiger partial charge on any atom is 0.329 e. The molecular weight excluding hydrogens is 228 g/mol. The summed E-state index contributed by atoms with van der Waals surface area (Å²) in [5.41, 5.74) is 0. The van der Waals surface area contributed by atoms with Crippen LogP contribution in [0.15, 0.2) is 12.7 Å². The molecule has 98 valence electrons. The molecule has 17 heavy (non-hydrogen) atoms. The minimum absolute atomic E-state index is 0.137. The first-order chi connectivity index (χ1) is 8.22. The van der Waals surface area contributed by atoms with E-state index in [1.165, 1.54) is 0 Å². The first kappa shape index (κ1) is 14.1. The molecule has 0 aromatic carbocycles. The van der Waals surface area contributed by atoms with Crippen molar-refractivity contribution in [3.05, 3.63) is 12.7 Å². The molecule has 1 heterocycles. The quantitative estimate of drug-likeness (QED) is 0.483.